The predicted octanol–water partition coefficient (Wildman–Crippen LogP) is 2.11. The molecular formula is C12H14ClFN4O2S. The molecule has 1 aromatic carbocycles. The topological polar surface area (TPSA) is 86.9 Å². The van der Waals surface area contributed by atoms with Gasteiger partial charge in [-0.3, -0.25) is 9.82 Å². The molecule has 0 amide bonds. The Hall–Kier alpha value is -1.64. The van der Waals surface area contributed by atoms with Gasteiger partial charge in [0.25, 0.3) is 10.0 Å². The number of aromatic nitrogens is 2. The van der Waals surface area contributed by atoms with Crippen molar-refractivity contribution in [3.63, 3.8) is 0 Å². The van der Waals surface area contributed by atoms with Crippen molar-refractivity contribution in [2.45, 2.75) is 18.5 Å². The second kappa shape index (κ2) is 6.42. The summed E-state index contributed by atoms with van der Waals surface area (Å²) in [6.45, 7) is 2.91. The van der Waals surface area contributed by atoms with E-state index in [1.165, 1.54) is 24.4 Å². The van der Waals surface area contributed by atoms with Gasteiger partial charge in [0, 0.05) is 12.1 Å². The predicted molar refractivity (Wildman–Crippen MR) is 78.2 cm³/mol. The zero-order valence-corrected chi connectivity index (χ0v) is 12.7. The van der Waals surface area contributed by atoms with Gasteiger partial charge in [-0.05, 0) is 18.7 Å². The van der Waals surface area contributed by atoms with Crippen molar-refractivity contribution in [2.24, 2.45) is 0 Å². The smallest absolute Gasteiger partial charge is 0.279 e. The molecule has 9 heteroatoms. The second-order valence-electron chi connectivity index (χ2n) is 4.21. The molecule has 3 N–H and O–H groups in total. The van der Waals surface area contributed by atoms with Gasteiger partial charge in [0.05, 0.1) is 16.9 Å². The molecule has 2 rings (SSSR count). The molecule has 6 nitrogen and oxygen atoms in total. The lowest BCUT2D eigenvalue weighted by Gasteiger charge is -2.09. The minimum Gasteiger partial charge on any atom is -0.313 e. The number of sulfonamides is 1. The summed E-state index contributed by atoms with van der Waals surface area (Å²) in [5.41, 5.74) is 0.248. The molecule has 0 saturated heterocycles. The van der Waals surface area contributed by atoms with E-state index in [1.54, 1.807) is 0 Å². The van der Waals surface area contributed by atoms with Gasteiger partial charge in [0.2, 0.25) is 0 Å². The Bertz CT molecular complexity index is 733. The van der Waals surface area contributed by atoms with E-state index in [-0.39, 0.29) is 15.7 Å². The molecule has 0 fully saturated rings. The Balaban J connectivity index is 2.30. The van der Waals surface area contributed by atoms with E-state index >= 15 is 0 Å². The Kier molecular flexibility index (Phi) is 4.81. The van der Waals surface area contributed by atoms with Crippen molar-refractivity contribution in [1.29, 1.82) is 0 Å². The van der Waals surface area contributed by atoms with E-state index in [1.807, 2.05) is 6.92 Å². The third-order valence-electron chi connectivity index (χ3n) is 2.71. The van der Waals surface area contributed by atoms with Crippen LogP contribution in [0.3, 0.4) is 0 Å². The van der Waals surface area contributed by atoms with E-state index < -0.39 is 15.8 Å². The third-order valence-corrected chi connectivity index (χ3v) is 4.38. The molecular weight excluding hydrogens is 319 g/mol. The summed E-state index contributed by atoms with van der Waals surface area (Å²) in [6.07, 6.45) is 1.41. The van der Waals surface area contributed by atoms with Gasteiger partial charge in [-0.25, -0.2) is 4.39 Å². The van der Waals surface area contributed by atoms with E-state index in [0.29, 0.717) is 18.7 Å². The molecule has 0 radical (unpaired) electrons. The quantitative estimate of drug-likeness (QED) is 0.756. The van der Waals surface area contributed by atoms with Crippen LogP contribution < -0.4 is 10.0 Å². The van der Waals surface area contributed by atoms with Gasteiger partial charge >= 0.3 is 0 Å². The number of nitrogens with zero attached hydrogens (tertiary/aromatic N) is 1. The zero-order valence-electron chi connectivity index (χ0n) is 11.2. The average Bonchev–Trinajstić information content (AvgIpc) is 2.91. The van der Waals surface area contributed by atoms with Gasteiger partial charge in [0.15, 0.2) is 10.8 Å². The lowest BCUT2D eigenvalue weighted by atomic mass is 10.3. The van der Waals surface area contributed by atoms with Gasteiger partial charge in [-0.1, -0.05) is 24.6 Å². The van der Waals surface area contributed by atoms with Gasteiger partial charge in [-0.15, -0.1) is 0 Å². The lowest BCUT2D eigenvalue weighted by Crippen LogP contribution is -2.19. The number of anilines is 1. The van der Waals surface area contributed by atoms with E-state index in [0.717, 1.165) is 0 Å². The first-order valence-electron chi connectivity index (χ1n) is 6.15. The van der Waals surface area contributed by atoms with Crippen molar-refractivity contribution >= 4 is 27.3 Å². The maximum absolute atomic E-state index is 13.8. The number of benzene rings is 1. The number of hydrogen-bond donors (Lipinski definition) is 3. The third kappa shape index (κ3) is 3.52. The molecule has 1 heterocycles. The lowest BCUT2D eigenvalue weighted by molar-refractivity contribution is 0.592. The molecule has 0 spiro atoms. The van der Waals surface area contributed by atoms with Crippen molar-refractivity contribution in [3.05, 3.63) is 40.8 Å². The molecule has 114 valence electrons. The average molecular weight is 333 g/mol. The van der Waals surface area contributed by atoms with Crippen LogP contribution in [0.4, 0.5) is 10.1 Å². The molecule has 0 aliphatic carbocycles. The standard InChI is InChI=1S/C12H14ClFN4O2S/c1-2-15-6-8-7-16-17-12(8)21(19,20)18-10-5-3-4-9(13)11(10)14/h3-5,7,15,18H,2,6H2,1H3,(H,16,17). The van der Waals surface area contributed by atoms with Crippen molar-refractivity contribution in [1.82, 2.24) is 15.5 Å². The van der Waals surface area contributed by atoms with Crippen molar-refractivity contribution < 1.29 is 12.8 Å². The van der Waals surface area contributed by atoms with E-state index in [2.05, 4.69) is 20.2 Å². The van der Waals surface area contributed by atoms with Crippen LogP contribution in [-0.2, 0) is 16.6 Å². The van der Waals surface area contributed by atoms with Crippen LogP contribution in [0.2, 0.25) is 5.02 Å². The first-order chi connectivity index (χ1) is 9.95. The molecule has 2 aromatic rings. The fourth-order valence-corrected chi connectivity index (χ4v) is 3.06. The van der Waals surface area contributed by atoms with Crippen LogP contribution in [0, 0.1) is 5.82 Å². The molecule has 0 aliphatic heterocycles. The molecule has 1 aromatic heterocycles. The largest absolute Gasteiger partial charge is 0.313 e. The Morgan fingerprint density at radius 3 is 2.90 bits per heavy atom. The Morgan fingerprint density at radius 2 is 2.19 bits per heavy atom. The minimum atomic E-state index is -3.98. The maximum Gasteiger partial charge on any atom is 0.279 e. The number of halogens is 2. The molecule has 0 bridgehead atoms. The summed E-state index contributed by atoms with van der Waals surface area (Å²) >= 11 is 5.63. The molecule has 0 atom stereocenters. The summed E-state index contributed by atoms with van der Waals surface area (Å²) in [5.74, 6) is -0.824. The maximum atomic E-state index is 13.8. The second-order valence-corrected chi connectivity index (χ2v) is 6.24. The molecule has 0 aliphatic rings. The summed E-state index contributed by atoms with van der Waals surface area (Å²) < 4.78 is 40.5. The number of rotatable bonds is 6. The van der Waals surface area contributed by atoms with E-state index in [9.17, 15) is 12.8 Å². The fraction of sp³-hybridized carbons (Fsp3) is 0.250. The molecule has 0 unspecified atom stereocenters. The summed E-state index contributed by atoms with van der Waals surface area (Å²) in [6, 6.07) is 4.08. The number of aromatic amines is 1. The van der Waals surface area contributed by atoms with Gasteiger partial charge in [0.1, 0.15) is 0 Å². The van der Waals surface area contributed by atoms with E-state index in [4.69, 9.17) is 11.6 Å². The first-order valence-corrected chi connectivity index (χ1v) is 8.01. The van der Waals surface area contributed by atoms with Gasteiger partial charge < -0.3 is 5.32 Å². The summed E-state index contributed by atoms with van der Waals surface area (Å²) in [4.78, 5) is 0. The van der Waals surface area contributed by atoms with Crippen molar-refractivity contribution in [2.75, 3.05) is 11.3 Å². The van der Waals surface area contributed by atoms with Crippen LogP contribution in [0.25, 0.3) is 0 Å². The van der Waals surface area contributed by atoms with Crippen LogP contribution in [-0.4, -0.2) is 25.2 Å². The number of hydrogen-bond acceptors (Lipinski definition) is 4. The van der Waals surface area contributed by atoms with Crippen LogP contribution in [0.15, 0.2) is 29.4 Å². The first kappa shape index (κ1) is 15.7. The summed E-state index contributed by atoms with van der Waals surface area (Å²) in [7, 11) is -3.98. The van der Waals surface area contributed by atoms with Gasteiger partial charge in [-0.2, -0.15) is 13.5 Å². The van der Waals surface area contributed by atoms with Crippen LogP contribution in [0.1, 0.15) is 12.5 Å². The summed E-state index contributed by atoms with van der Waals surface area (Å²) in [5, 5.41) is 8.86. The van der Waals surface area contributed by atoms with Crippen LogP contribution in [0.5, 0.6) is 0 Å². The van der Waals surface area contributed by atoms with Crippen molar-refractivity contribution in [3.8, 4) is 0 Å². The highest BCUT2D eigenvalue weighted by molar-refractivity contribution is 7.92. The minimum absolute atomic E-state index is 0.108. The highest BCUT2D eigenvalue weighted by Gasteiger charge is 2.22. The Morgan fingerprint density at radius 1 is 1.43 bits per heavy atom. The number of H-pyrrole nitrogens is 1. The SMILES string of the molecule is CCNCc1cn[nH]c1S(=O)(=O)Nc1cccc(Cl)c1F. The Labute approximate surface area is 126 Å². The molecule has 0 saturated carbocycles. The fourth-order valence-electron chi connectivity index (χ4n) is 1.70. The normalized spacial score (nSPS) is 11.6. The van der Waals surface area contributed by atoms with Crippen LogP contribution >= 0.6 is 11.6 Å². The highest BCUT2D eigenvalue weighted by atomic mass is 35.5. The number of nitrogens with one attached hydrogen (secondary N) is 3. The molecule has 21 heavy (non-hydrogen) atoms. The zero-order chi connectivity index (χ0) is 15.5. The highest BCUT2D eigenvalue weighted by Crippen LogP contribution is 2.24. The monoisotopic (exact) mass is 332 g/mol.